The second-order valence-corrected chi connectivity index (χ2v) is 10.3. The van der Waals surface area contributed by atoms with Gasteiger partial charge in [-0.1, -0.05) is 54.4 Å². The second-order valence-electron chi connectivity index (χ2n) is 9.88. The molecule has 0 saturated carbocycles. The normalized spacial score (nSPS) is 19.2. The first-order valence-corrected chi connectivity index (χ1v) is 13.2. The second kappa shape index (κ2) is 9.72. The minimum Gasteiger partial charge on any atom is -0.495 e. The Morgan fingerprint density at radius 2 is 1.71 bits per heavy atom. The summed E-state index contributed by atoms with van der Waals surface area (Å²) in [6.45, 7) is 4.15. The monoisotopic (exact) mass is 485 g/mol. The summed E-state index contributed by atoms with van der Waals surface area (Å²) in [5.74, 6) is 1.84. The van der Waals surface area contributed by atoms with E-state index in [0.717, 1.165) is 37.5 Å². The Kier molecular flexibility index (Phi) is 6.30. The maximum Gasteiger partial charge on any atom is 0.138 e. The van der Waals surface area contributed by atoms with Gasteiger partial charge in [-0.2, -0.15) is 0 Å². The molecule has 0 amide bonds. The van der Waals surface area contributed by atoms with Gasteiger partial charge >= 0.3 is 0 Å². The Hall–Kier alpha value is -2.75. The lowest BCUT2D eigenvalue weighted by Gasteiger charge is -2.26. The molecule has 1 fully saturated rings. The number of halogens is 1. The van der Waals surface area contributed by atoms with E-state index in [1.54, 1.807) is 7.11 Å². The molecule has 3 aromatic rings. The van der Waals surface area contributed by atoms with E-state index >= 15 is 0 Å². The Bertz CT molecular complexity index is 1260. The number of ether oxygens (including phenoxy) is 2. The van der Waals surface area contributed by atoms with Gasteiger partial charge in [0.2, 0.25) is 0 Å². The number of likely N-dealkylation sites (tertiary alicyclic amines) is 1. The fourth-order valence-electron chi connectivity index (χ4n) is 6.13. The molecule has 1 saturated heterocycles. The molecule has 3 aliphatic rings. The molecule has 3 nitrogen and oxygen atoms in total. The summed E-state index contributed by atoms with van der Waals surface area (Å²) in [6.07, 6.45) is 6.10. The summed E-state index contributed by atoms with van der Waals surface area (Å²) >= 11 is 6.64. The van der Waals surface area contributed by atoms with Crippen LogP contribution < -0.4 is 9.47 Å². The summed E-state index contributed by atoms with van der Waals surface area (Å²) in [7, 11) is 1.69. The first kappa shape index (κ1) is 22.7. The van der Waals surface area contributed by atoms with E-state index in [9.17, 15) is 0 Å². The third-order valence-electron chi connectivity index (χ3n) is 7.86. The van der Waals surface area contributed by atoms with Crippen LogP contribution in [0.5, 0.6) is 11.5 Å². The molecule has 0 aromatic heterocycles. The van der Waals surface area contributed by atoms with Crippen LogP contribution in [0, 0.1) is 0 Å². The van der Waals surface area contributed by atoms with Gasteiger partial charge in [0.1, 0.15) is 18.1 Å². The van der Waals surface area contributed by atoms with Crippen LogP contribution in [-0.4, -0.2) is 38.3 Å². The number of methoxy groups -OCH3 is 1. The van der Waals surface area contributed by atoms with E-state index in [4.69, 9.17) is 21.1 Å². The van der Waals surface area contributed by atoms with Crippen LogP contribution in [0.2, 0.25) is 5.02 Å². The lowest BCUT2D eigenvalue weighted by molar-refractivity contribution is 0.183. The zero-order valence-electron chi connectivity index (χ0n) is 20.4. The predicted molar refractivity (Wildman–Crippen MR) is 144 cm³/mol. The fourth-order valence-corrected chi connectivity index (χ4v) is 6.38. The molecule has 35 heavy (non-hydrogen) atoms. The van der Waals surface area contributed by atoms with Crippen LogP contribution in [0.15, 0.2) is 60.7 Å². The number of rotatable bonds is 6. The molecule has 1 heterocycles. The van der Waals surface area contributed by atoms with E-state index in [1.807, 2.05) is 0 Å². The van der Waals surface area contributed by atoms with E-state index in [2.05, 4.69) is 65.6 Å². The van der Waals surface area contributed by atoms with Crippen molar-refractivity contribution < 1.29 is 9.47 Å². The van der Waals surface area contributed by atoms with Crippen molar-refractivity contribution in [3.05, 3.63) is 93.5 Å². The van der Waals surface area contributed by atoms with Gasteiger partial charge in [0.25, 0.3) is 0 Å². The predicted octanol–water partition coefficient (Wildman–Crippen LogP) is 7.22. The van der Waals surface area contributed by atoms with Gasteiger partial charge in [0.15, 0.2) is 0 Å². The summed E-state index contributed by atoms with van der Waals surface area (Å²) in [6, 6.07) is 21.8. The van der Waals surface area contributed by atoms with E-state index in [-0.39, 0.29) is 5.92 Å². The number of piperidine rings is 1. The van der Waals surface area contributed by atoms with E-state index in [0.29, 0.717) is 5.02 Å². The highest BCUT2D eigenvalue weighted by molar-refractivity contribution is 6.32. The summed E-state index contributed by atoms with van der Waals surface area (Å²) in [5, 5.41) is 0.669. The number of nitrogens with zero attached hydrogens (tertiary/aromatic N) is 1. The molecule has 4 heteroatoms. The van der Waals surface area contributed by atoms with Gasteiger partial charge in [0, 0.05) is 12.5 Å². The van der Waals surface area contributed by atoms with Gasteiger partial charge in [0.05, 0.1) is 12.1 Å². The third kappa shape index (κ3) is 4.26. The molecule has 0 N–H and O–H groups in total. The first-order chi connectivity index (χ1) is 17.2. The quantitative estimate of drug-likeness (QED) is 0.368. The van der Waals surface area contributed by atoms with E-state index in [1.165, 1.54) is 71.3 Å². The van der Waals surface area contributed by atoms with Gasteiger partial charge in [-0.15, -0.1) is 0 Å². The van der Waals surface area contributed by atoms with Crippen molar-refractivity contribution in [2.24, 2.45) is 0 Å². The topological polar surface area (TPSA) is 21.7 Å². The maximum atomic E-state index is 6.64. The van der Waals surface area contributed by atoms with Crippen molar-refractivity contribution in [3.8, 4) is 11.5 Å². The zero-order chi connectivity index (χ0) is 23.8. The molecule has 2 aliphatic carbocycles. The zero-order valence-corrected chi connectivity index (χ0v) is 21.1. The van der Waals surface area contributed by atoms with Gasteiger partial charge in [-0.05, 0) is 102 Å². The smallest absolute Gasteiger partial charge is 0.138 e. The van der Waals surface area contributed by atoms with Crippen molar-refractivity contribution in [1.82, 2.24) is 4.90 Å². The lowest BCUT2D eigenvalue weighted by Crippen LogP contribution is -2.33. The van der Waals surface area contributed by atoms with Crippen LogP contribution in [0.4, 0.5) is 0 Å². The summed E-state index contributed by atoms with van der Waals surface area (Å²) in [4.78, 5) is 2.51. The van der Waals surface area contributed by atoms with Crippen LogP contribution in [0.3, 0.4) is 0 Å². The number of aryl methyl sites for hydroxylation is 1. The Morgan fingerprint density at radius 1 is 0.914 bits per heavy atom. The largest absolute Gasteiger partial charge is 0.495 e. The number of allylic oxidation sites excluding steroid dienone is 2. The highest BCUT2D eigenvalue weighted by Crippen LogP contribution is 2.55. The molecule has 0 radical (unpaired) electrons. The molecule has 6 rings (SSSR count). The highest BCUT2D eigenvalue weighted by atomic mass is 35.5. The summed E-state index contributed by atoms with van der Waals surface area (Å²) in [5.41, 5.74) is 9.48. The fraction of sp³-hybridized carbons (Fsp3) is 0.355. The van der Waals surface area contributed by atoms with Crippen molar-refractivity contribution in [2.75, 3.05) is 33.4 Å². The molecule has 1 unspecified atom stereocenters. The van der Waals surface area contributed by atoms with Gasteiger partial charge in [-0.25, -0.2) is 0 Å². The molecule has 0 spiro atoms. The van der Waals surface area contributed by atoms with Gasteiger partial charge in [-0.3, -0.25) is 4.90 Å². The highest BCUT2D eigenvalue weighted by Gasteiger charge is 2.36. The Balaban J connectivity index is 1.31. The minimum atomic E-state index is 0.159. The molecule has 1 aliphatic heterocycles. The molecule has 0 bridgehead atoms. The number of hydrogen-bond donors (Lipinski definition) is 0. The molecule has 3 aromatic carbocycles. The number of fused-ring (bicyclic) bond motifs is 4. The van der Waals surface area contributed by atoms with E-state index < -0.39 is 0 Å². The van der Waals surface area contributed by atoms with Crippen LogP contribution >= 0.6 is 11.6 Å². The first-order valence-electron chi connectivity index (χ1n) is 12.9. The SMILES string of the molecule is COc1cc2c(cc1Cl)C(c1ccc(OCCN3CCCCC3)cc1)C1=C2CCc2ccccc21. The third-order valence-corrected chi connectivity index (χ3v) is 8.16. The molecular formula is C31H32ClNO2. The Labute approximate surface area is 213 Å². The number of benzene rings is 3. The lowest BCUT2D eigenvalue weighted by atomic mass is 9.80. The summed E-state index contributed by atoms with van der Waals surface area (Å²) < 4.78 is 11.7. The average molecular weight is 486 g/mol. The molecular weight excluding hydrogens is 454 g/mol. The van der Waals surface area contributed by atoms with Crippen LogP contribution in [0.1, 0.15) is 59.4 Å². The molecule has 180 valence electrons. The molecule has 1 atom stereocenters. The van der Waals surface area contributed by atoms with Crippen LogP contribution in [0.25, 0.3) is 11.1 Å². The van der Waals surface area contributed by atoms with Crippen molar-refractivity contribution in [1.29, 1.82) is 0 Å². The maximum absolute atomic E-state index is 6.64. The average Bonchev–Trinajstić information content (AvgIpc) is 3.22. The standard InChI is InChI=1S/C31H32ClNO2/c1-34-29-20-26-25-14-11-21-7-3-4-8-24(21)31(25)30(27(26)19-28(29)32)22-9-12-23(13-10-22)35-18-17-33-15-5-2-6-16-33/h3-4,7-10,12-13,19-20,30H,2,5-6,11,14-18H2,1H3. The van der Waals surface area contributed by atoms with Crippen molar-refractivity contribution >= 4 is 22.7 Å². The minimum absolute atomic E-state index is 0.159. The van der Waals surface area contributed by atoms with Crippen molar-refractivity contribution in [3.63, 3.8) is 0 Å². The Morgan fingerprint density at radius 3 is 2.51 bits per heavy atom. The van der Waals surface area contributed by atoms with Gasteiger partial charge < -0.3 is 9.47 Å². The number of hydrogen-bond acceptors (Lipinski definition) is 3. The van der Waals surface area contributed by atoms with Crippen LogP contribution in [-0.2, 0) is 6.42 Å². The van der Waals surface area contributed by atoms with Crippen molar-refractivity contribution in [2.45, 2.75) is 38.0 Å².